The summed E-state index contributed by atoms with van der Waals surface area (Å²) >= 11 is 0. The fourth-order valence-corrected chi connectivity index (χ4v) is 3.18. The van der Waals surface area contributed by atoms with E-state index in [1.54, 1.807) is 24.1 Å². The number of nitrogens with zero attached hydrogens (tertiary/aromatic N) is 2. The fraction of sp³-hybridized carbons (Fsp3) is 0.391. The Bertz CT molecular complexity index is 900. The number of halogens is 3. The van der Waals surface area contributed by atoms with Gasteiger partial charge in [0, 0.05) is 18.8 Å². The first-order valence-corrected chi connectivity index (χ1v) is 10.1. The van der Waals surface area contributed by atoms with E-state index >= 15 is 0 Å². The van der Waals surface area contributed by atoms with Crippen LogP contribution in [0.4, 0.5) is 18.9 Å². The summed E-state index contributed by atoms with van der Waals surface area (Å²) in [5.41, 5.74) is 1.36. The first kappa shape index (κ1) is 24.4. The summed E-state index contributed by atoms with van der Waals surface area (Å²) in [5, 5.41) is 2.81. The Morgan fingerprint density at radius 3 is 2.39 bits per heavy atom. The van der Waals surface area contributed by atoms with Gasteiger partial charge in [0.1, 0.15) is 0 Å². The van der Waals surface area contributed by atoms with E-state index in [1.807, 2.05) is 32.0 Å². The standard InChI is InChI=1S/C23H28F3N3O2/c1-4-12-29(15-21(30)27-20-11-6-5-8-17(20)2)22(31)16-28(3)14-18-9-7-10-19(13-18)23(24,25)26/h5-11,13H,4,12,14-16H2,1-3H3,(H,27,30). The van der Waals surface area contributed by atoms with Gasteiger partial charge in [-0.25, -0.2) is 0 Å². The SMILES string of the molecule is CCCN(CC(=O)Nc1ccccc1C)C(=O)CN(C)Cc1cccc(C(F)(F)F)c1. The molecule has 0 aliphatic heterocycles. The molecule has 0 radical (unpaired) electrons. The molecular weight excluding hydrogens is 407 g/mol. The molecule has 2 aromatic carbocycles. The number of alkyl halides is 3. The number of para-hydroxylation sites is 1. The number of likely N-dealkylation sites (N-methyl/N-ethyl adjacent to an activating group) is 1. The topological polar surface area (TPSA) is 52.7 Å². The van der Waals surface area contributed by atoms with E-state index in [0.29, 0.717) is 24.2 Å². The summed E-state index contributed by atoms with van der Waals surface area (Å²) in [4.78, 5) is 28.3. The van der Waals surface area contributed by atoms with Gasteiger partial charge in [-0.1, -0.05) is 43.3 Å². The maximum absolute atomic E-state index is 12.9. The van der Waals surface area contributed by atoms with E-state index in [9.17, 15) is 22.8 Å². The van der Waals surface area contributed by atoms with Crippen molar-refractivity contribution in [3.8, 4) is 0 Å². The Labute approximate surface area is 180 Å². The Morgan fingerprint density at radius 1 is 1.03 bits per heavy atom. The molecule has 0 atom stereocenters. The van der Waals surface area contributed by atoms with E-state index < -0.39 is 11.7 Å². The number of carbonyl (C=O) groups excluding carboxylic acids is 2. The number of benzene rings is 2. The molecule has 0 bridgehead atoms. The van der Waals surface area contributed by atoms with Crippen molar-refractivity contribution in [1.29, 1.82) is 0 Å². The minimum absolute atomic E-state index is 0.00606. The molecule has 0 heterocycles. The highest BCUT2D eigenvalue weighted by Gasteiger charge is 2.30. The first-order valence-electron chi connectivity index (χ1n) is 10.1. The third kappa shape index (κ3) is 7.71. The first-order chi connectivity index (χ1) is 14.6. The summed E-state index contributed by atoms with van der Waals surface area (Å²) in [6, 6.07) is 12.4. The van der Waals surface area contributed by atoms with Crippen LogP contribution in [-0.2, 0) is 22.3 Å². The number of carbonyl (C=O) groups is 2. The Hall–Kier alpha value is -2.87. The zero-order valence-electron chi connectivity index (χ0n) is 18.0. The highest BCUT2D eigenvalue weighted by atomic mass is 19.4. The van der Waals surface area contributed by atoms with Gasteiger partial charge in [0.2, 0.25) is 11.8 Å². The number of hydrogen-bond acceptors (Lipinski definition) is 3. The second-order valence-electron chi connectivity index (χ2n) is 7.55. The number of rotatable bonds is 9. The molecule has 0 aliphatic rings. The van der Waals surface area contributed by atoms with Gasteiger partial charge in [-0.3, -0.25) is 14.5 Å². The predicted molar refractivity (Wildman–Crippen MR) is 114 cm³/mol. The van der Waals surface area contributed by atoms with Crippen LogP contribution in [0, 0.1) is 6.92 Å². The number of hydrogen-bond donors (Lipinski definition) is 1. The lowest BCUT2D eigenvalue weighted by Gasteiger charge is -2.25. The summed E-state index contributed by atoms with van der Waals surface area (Å²) in [5.74, 6) is -0.548. The van der Waals surface area contributed by atoms with Gasteiger partial charge in [0.05, 0.1) is 18.7 Å². The molecule has 2 aromatic rings. The minimum atomic E-state index is -4.41. The molecule has 5 nitrogen and oxygen atoms in total. The third-order valence-corrected chi connectivity index (χ3v) is 4.71. The van der Waals surface area contributed by atoms with E-state index in [1.165, 1.54) is 11.0 Å². The van der Waals surface area contributed by atoms with E-state index in [0.717, 1.165) is 17.7 Å². The molecule has 0 fully saturated rings. The summed E-state index contributed by atoms with van der Waals surface area (Å²) in [6.45, 7) is 4.30. The maximum Gasteiger partial charge on any atom is 0.416 e. The predicted octanol–water partition coefficient (Wildman–Crippen LogP) is 4.32. The lowest BCUT2D eigenvalue weighted by molar-refractivity contribution is -0.137. The zero-order chi connectivity index (χ0) is 23.0. The van der Waals surface area contributed by atoms with E-state index in [2.05, 4.69) is 5.32 Å². The zero-order valence-corrected chi connectivity index (χ0v) is 18.0. The van der Waals surface area contributed by atoms with Crippen molar-refractivity contribution in [2.45, 2.75) is 33.0 Å². The van der Waals surface area contributed by atoms with Crippen LogP contribution in [0.2, 0.25) is 0 Å². The van der Waals surface area contributed by atoms with Crippen LogP contribution in [0.15, 0.2) is 48.5 Å². The Balaban J connectivity index is 1.96. The van der Waals surface area contributed by atoms with E-state index in [4.69, 9.17) is 0 Å². The van der Waals surface area contributed by atoms with Crippen LogP contribution < -0.4 is 5.32 Å². The van der Waals surface area contributed by atoms with Crippen molar-refractivity contribution in [2.75, 3.05) is 32.0 Å². The lowest BCUT2D eigenvalue weighted by atomic mass is 10.1. The number of anilines is 1. The average Bonchev–Trinajstić information content (AvgIpc) is 2.69. The van der Waals surface area contributed by atoms with E-state index in [-0.39, 0.29) is 31.4 Å². The Morgan fingerprint density at radius 2 is 1.74 bits per heavy atom. The molecule has 2 rings (SSSR count). The largest absolute Gasteiger partial charge is 0.416 e. The van der Waals surface area contributed by atoms with Crippen molar-refractivity contribution < 1.29 is 22.8 Å². The monoisotopic (exact) mass is 435 g/mol. The van der Waals surface area contributed by atoms with Crippen LogP contribution in [0.25, 0.3) is 0 Å². The van der Waals surface area contributed by atoms with Crippen molar-refractivity contribution in [3.63, 3.8) is 0 Å². The number of amides is 2. The molecule has 1 N–H and O–H groups in total. The maximum atomic E-state index is 12.9. The highest BCUT2D eigenvalue weighted by Crippen LogP contribution is 2.29. The minimum Gasteiger partial charge on any atom is -0.332 e. The molecule has 0 saturated carbocycles. The van der Waals surface area contributed by atoms with Crippen LogP contribution >= 0.6 is 0 Å². The van der Waals surface area contributed by atoms with Crippen LogP contribution in [0.5, 0.6) is 0 Å². The molecule has 0 aromatic heterocycles. The molecule has 0 aliphatic carbocycles. The summed E-state index contributed by atoms with van der Waals surface area (Å²) in [7, 11) is 1.66. The van der Waals surface area contributed by atoms with Crippen LogP contribution in [0.3, 0.4) is 0 Å². The van der Waals surface area contributed by atoms with Crippen molar-refractivity contribution >= 4 is 17.5 Å². The average molecular weight is 435 g/mol. The molecule has 8 heteroatoms. The third-order valence-electron chi connectivity index (χ3n) is 4.71. The summed E-state index contributed by atoms with van der Waals surface area (Å²) < 4.78 is 38.7. The Kier molecular flexibility index (Phi) is 8.62. The normalized spacial score (nSPS) is 11.5. The van der Waals surface area contributed by atoms with Gasteiger partial charge in [-0.05, 0) is 43.7 Å². The molecule has 0 spiro atoms. The van der Waals surface area contributed by atoms with Crippen LogP contribution in [-0.4, -0.2) is 48.3 Å². The smallest absolute Gasteiger partial charge is 0.332 e. The molecule has 2 amide bonds. The quantitative estimate of drug-likeness (QED) is 0.638. The molecule has 0 unspecified atom stereocenters. The van der Waals surface area contributed by atoms with Crippen LogP contribution in [0.1, 0.15) is 30.0 Å². The second kappa shape index (κ2) is 10.9. The van der Waals surface area contributed by atoms with Crippen molar-refractivity contribution in [1.82, 2.24) is 9.80 Å². The molecular formula is C23H28F3N3O2. The highest BCUT2D eigenvalue weighted by molar-refractivity contribution is 5.95. The molecule has 168 valence electrons. The number of aryl methyl sites for hydroxylation is 1. The van der Waals surface area contributed by atoms with Gasteiger partial charge in [0.25, 0.3) is 0 Å². The van der Waals surface area contributed by atoms with Gasteiger partial charge in [-0.15, -0.1) is 0 Å². The van der Waals surface area contributed by atoms with Gasteiger partial charge >= 0.3 is 6.18 Å². The van der Waals surface area contributed by atoms with Crippen molar-refractivity contribution in [2.24, 2.45) is 0 Å². The molecule has 31 heavy (non-hydrogen) atoms. The lowest BCUT2D eigenvalue weighted by Crippen LogP contribution is -2.43. The number of nitrogens with one attached hydrogen (secondary N) is 1. The van der Waals surface area contributed by atoms with Crippen molar-refractivity contribution in [3.05, 3.63) is 65.2 Å². The van der Waals surface area contributed by atoms with Gasteiger partial charge in [0.15, 0.2) is 0 Å². The second-order valence-corrected chi connectivity index (χ2v) is 7.55. The van der Waals surface area contributed by atoms with Gasteiger partial charge < -0.3 is 10.2 Å². The summed E-state index contributed by atoms with van der Waals surface area (Å²) in [6.07, 6.45) is -3.73. The van der Waals surface area contributed by atoms with Gasteiger partial charge in [-0.2, -0.15) is 13.2 Å². The molecule has 0 saturated heterocycles. The fourth-order valence-electron chi connectivity index (χ4n) is 3.18.